The van der Waals surface area contributed by atoms with Gasteiger partial charge in [-0.05, 0) is 42.0 Å². The minimum atomic E-state index is -0.885. The highest BCUT2D eigenvalue weighted by Gasteiger charge is 2.22. The number of nitrogens with zero attached hydrogens (tertiary/aromatic N) is 3. The molecule has 0 spiro atoms. The lowest BCUT2D eigenvalue weighted by Crippen LogP contribution is -2.30. The van der Waals surface area contributed by atoms with Crippen molar-refractivity contribution in [1.82, 2.24) is 15.3 Å². The molecule has 5 nitrogen and oxygen atoms in total. The molecule has 1 aromatic heterocycles. The maximum Gasteiger partial charge on any atom is 0.252 e. The first-order valence-electron chi connectivity index (χ1n) is 7.72. The second-order valence-corrected chi connectivity index (χ2v) is 5.90. The lowest BCUT2D eigenvalue weighted by atomic mass is 10.0. The minimum Gasteiger partial charge on any atom is -0.338 e. The van der Waals surface area contributed by atoms with E-state index in [1.165, 1.54) is 42.7 Å². The third kappa shape index (κ3) is 4.07. The molecule has 1 amide bonds. The van der Waals surface area contributed by atoms with Crippen LogP contribution in [0.5, 0.6) is 0 Å². The van der Waals surface area contributed by atoms with Crippen molar-refractivity contribution >= 4 is 17.5 Å². The Morgan fingerprint density at radius 1 is 1.11 bits per heavy atom. The Kier molecular flexibility index (Phi) is 5.38. The Bertz CT molecular complexity index is 1040. The van der Waals surface area contributed by atoms with E-state index in [-0.39, 0.29) is 22.0 Å². The first-order valence-corrected chi connectivity index (χ1v) is 8.10. The molecular weight excluding hydrogens is 374 g/mol. The van der Waals surface area contributed by atoms with Crippen molar-refractivity contribution in [2.45, 2.75) is 6.04 Å². The predicted molar refractivity (Wildman–Crippen MR) is 93.9 cm³/mol. The van der Waals surface area contributed by atoms with Gasteiger partial charge in [0.2, 0.25) is 0 Å². The van der Waals surface area contributed by atoms with Crippen LogP contribution in [0.1, 0.15) is 33.4 Å². The Morgan fingerprint density at radius 3 is 2.48 bits per heavy atom. The maximum absolute atomic E-state index is 13.9. The molecule has 134 valence electrons. The first kappa shape index (κ1) is 18.4. The number of rotatable bonds is 4. The van der Waals surface area contributed by atoms with Crippen LogP contribution in [0, 0.1) is 23.0 Å². The summed E-state index contributed by atoms with van der Waals surface area (Å²) >= 11 is 5.72. The third-order valence-electron chi connectivity index (χ3n) is 3.75. The summed E-state index contributed by atoms with van der Waals surface area (Å²) in [6, 6.07) is 9.95. The molecule has 0 aliphatic rings. The van der Waals surface area contributed by atoms with Crippen LogP contribution in [-0.2, 0) is 0 Å². The summed E-state index contributed by atoms with van der Waals surface area (Å²) in [6.45, 7) is 0. The second-order valence-electron chi connectivity index (χ2n) is 5.49. The Balaban J connectivity index is 1.96. The summed E-state index contributed by atoms with van der Waals surface area (Å²) < 4.78 is 27.7. The van der Waals surface area contributed by atoms with E-state index in [0.29, 0.717) is 5.56 Å². The Morgan fingerprint density at radius 2 is 1.85 bits per heavy atom. The molecule has 0 aliphatic heterocycles. The molecule has 0 saturated carbocycles. The van der Waals surface area contributed by atoms with Crippen molar-refractivity contribution in [3.63, 3.8) is 0 Å². The number of amides is 1. The average Bonchev–Trinajstić information content (AvgIpc) is 2.68. The Hall–Kier alpha value is -3.37. The summed E-state index contributed by atoms with van der Waals surface area (Å²) in [7, 11) is 0. The maximum atomic E-state index is 13.9. The van der Waals surface area contributed by atoms with Gasteiger partial charge in [-0.1, -0.05) is 17.7 Å². The van der Waals surface area contributed by atoms with E-state index in [4.69, 9.17) is 16.9 Å². The Labute approximate surface area is 158 Å². The van der Waals surface area contributed by atoms with Gasteiger partial charge in [0.25, 0.3) is 5.91 Å². The van der Waals surface area contributed by atoms with E-state index in [2.05, 4.69) is 15.3 Å². The van der Waals surface area contributed by atoms with Gasteiger partial charge in [0, 0.05) is 18.0 Å². The molecular formula is C19H11ClF2N4O. The largest absolute Gasteiger partial charge is 0.338 e. The smallest absolute Gasteiger partial charge is 0.252 e. The highest BCUT2D eigenvalue weighted by Crippen LogP contribution is 2.24. The van der Waals surface area contributed by atoms with Crippen LogP contribution in [0.3, 0.4) is 0 Å². The van der Waals surface area contributed by atoms with Crippen LogP contribution >= 0.6 is 11.6 Å². The van der Waals surface area contributed by atoms with Crippen LogP contribution in [-0.4, -0.2) is 15.9 Å². The van der Waals surface area contributed by atoms with Gasteiger partial charge >= 0.3 is 0 Å². The highest BCUT2D eigenvalue weighted by molar-refractivity contribution is 6.30. The summed E-state index contributed by atoms with van der Waals surface area (Å²) in [4.78, 5) is 20.8. The number of nitriles is 1. The number of halogens is 3. The quantitative estimate of drug-likeness (QED) is 0.742. The van der Waals surface area contributed by atoms with Gasteiger partial charge in [-0.25, -0.2) is 18.7 Å². The van der Waals surface area contributed by atoms with E-state index < -0.39 is 23.6 Å². The average molecular weight is 385 g/mol. The van der Waals surface area contributed by atoms with Gasteiger partial charge in [-0.3, -0.25) is 4.79 Å². The third-order valence-corrected chi connectivity index (χ3v) is 4.05. The molecule has 8 heteroatoms. The fourth-order valence-corrected chi connectivity index (χ4v) is 2.53. The highest BCUT2D eigenvalue weighted by atomic mass is 35.5. The van der Waals surface area contributed by atoms with Crippen molar-refractivity contribution in [3.05, 3.63) is 94.0 Å². The summed E-state index contributed by atoms with van der Waals surface area (Å²) in [5, 5.41) is 11.4. The number of hydrogen-bond donors (Lipinski definition) is 1. The van der Waals surface area contributed by atoms with Crippen molar-refractivity contribution in [2.24, 2.45) is 0 Å². The SMILES string of the molecule is N#Cc1ccc(C(=O)N[C@@H](c2ccc(Cl)c(F)c2)c2ncccn2)cc1F. The zero-order valence-corrected chi connectivity index (χ0v) is 14.4. The van der Waals surface area contributed by atoms with Crippen LogP contribution in [0.25, 0.3) is 0 Å². The van der Waals surface area contributed by atoms with Gasteiger partial charge in [0.1, 0.15) is 23.7 Å². The fourth-order valence-electron chi connectivity index (χ4n) is 2.41. The van der Waals surface area contributed by atoms with Crippen molar-refractivity contribution in [3.8, 4) is 6.07 Å². The van der Waals surface area contributed by atoms with E-state index in [1.807, 2.05) is 0 Å². The number of nitrogens with one attached hydrogen (secondary N) is 1. The molecule has 3 aromatic rings. The van der Waals surface area contributed by atoms with Gasteiger partial charge in [0.15, 0.2) is 5.82 Å². The van der Waals surface area contributed by atoms with Gasteiger partial charge in [0.05, 0.1) is 10.6 Å². The van der Waals surface area contributed by atoms with Crippen molar-refractivity contribution in [2.75, 3.05) is 0 Å². The summed E-state index contributed by atoms with van der Waals surface area (Å²) in [5.74, 6) is -1.88. The van der Waals surface area contributed by atoms with Gasteiger partial charge in [-0.2, -0.15) is 5.26 Å². The molecule has 1 heterocycles. The molecule has 0 radical (unpaired) electrons. The minimum absolute atomic E-state index is 0.00173. The van der Waals surface area contributed by atoms with Crippen LogP contribution in [0.4, 0.5) is 8.78 Å². The molecule has 1 N–H and O–H groups in total. The number of carbonyl (C=O) groups excluding carboxylic acids is 1. The normalized spacial score (nSPS) is 11.5. The summed E-state index contributed by atoms with van der Waals surface area (Å²) in [5.41, 5.74) is 0.196. The first-order chi connectivity index (χ1) is 13.0. The molecule has 1 atom stereocenters. The number of carbonyl (C=O) groups is 1. The summed E-state index contributed by atoms with van der Waals surface area (Å²) in [6.07, 6.45) is 2.96. The van der Waals surface area contributed by atoms with Crippen LogP contribution in [0.2, 0.25) is 5.02 Å². The number of hydrogen-bond acceptors (Lipinski definition) is 4. The molecule has 0 bridgehead atoms. The monoisotopic (exact) mass is 384 g/mol. The lowest BCUT2D eigenvalue weighted by Gasteiger charge is -2.18. The van der Waals surface area contributed by atoms with Crippen LogP contribution < -0.4 is 5.32 Å². The molecule has 27 heavy (non-hydrogen) atoms. The second kappa shape index (κ2) is 7.89. The topological polar surface area (TPSA) is 78.7 Å². The van der Waals surface area contributed by atoms with Crippen LogP contribution in [0.15, 0.2) is 54.9 Å². The van der Waals surface area contributed by atoms with Gasteiger partial charge in [-0.15, -0.1) is 0 Å². The molecule has 2 aromatic carbocycles. The molecule has 3 rings (SSSR count). The molecule has 0 fully saturated rings. The molecule has 0 aliphatic carbocycles. The van der Waals surface area contributed by atoms with E-state index in [9.17, 15) is 13.6 Å². The van der Waals surface area contributed by atoms with Crippen molar-refractivity contribution in [1.29, 1.82) is 5.26 Å². The zero-order chi connectivity index (χ0) is 19.4. The molecule has 0 saturated heterocycles. The lowest BCUT2D eigenvalue weighted by molar-refractivity contribution is 0.0941. The van der Waals surface area contributed by atoms with Gasteiger partial charge < -0.3 is 5.32 Å². The van der Waals surface area contributed by atoms with Crippen molar-refractivity contribution < 1.29 is 13.6 Å². The zero-order valence-electron chi connectivity index (χ0n) is 13.7. The predicted octanol–water partition coefficient (Wildman–Crippen LogP) is 3.80. The standard InChI is InChI=1S/C19H11ClF2N4O/c20-14-5-4-11(8-16(14)22)17(18-24-6-1-7-25-18)26-19(27)12-2-3-13(10-23)15(21)9-12/h1-9,17H,(H,26,27)/t17-/m0/s1. The van der Waals surface area contributed by atoms with E-state index >= 15 is 0 Å². The van der Waals surface area contributed by atoms with E-state index in [0.717, 1.165) is 6.07 Å². The van der Waals surface area contributed by atoms with E-state index in [1.54, 1.807) is 12.1 Å². The number of aromatic nitrogens is 2. The molecule has 0 unspecified atom stereocenters. The fraction of sp³-hybridized carbons (Fsp3) is 0.0526. The number of benzene rings is 2.